The molecule has 0 saturated heterocycles. The summed E-state index contributed by atoms with van der Waals surface area (Å²) in [7, 11) is 0. The van der Waals surface area contributed by atoms with Gasteiger partial charge in [-0.1, -0.05) is 31.5 Å². The van der Waals surface area contributed by atoms with Crippen molar-refractivity contribution in [3.63, 3.8) is 0 Å². The number of benzene rings is 1. The second-order valence-electron chi connectivity index (χ2n) is 3.10. The van der Waals surface area contributed by atoms with E-state index in [1.165, 1.54) is 4.90 Å². The van der Waals surface area contributed by atoms with Crippen molar-refractivity contribution < 1.29 is 4.79 Å². The van der Waals surface area contributed by atoms with Crippen LogP contribution in [0.4, 0.5) is 0 Å². The average Bonchev–Trinajstić information content (AvgIpc) is 2.33. The summed E-state index contributed by atoms with van der Waals surface area (Å²) < 4.78 is 0. The zero-order chi connectivity index (χ0) is 13.1. The van der Waals surface area contributed by atoms with Crippen LogP contribution in [0.2, 0.25) is 5.02 Å². The Hall–Kier alpha value is -0.730. The molecule has 0 aliphatic rings. The van der Waals surface area contributed by atoms with Crippen LogP contribution in [0.3, 0.4) is 0 Å². The first-order valence-corrected chi connectivity index (χ1v) is 7.10. The number of thioether (sulfide) groups is 1. The minimum Gasteiger partial charge on any atom is -0.295 e. The Balaban J connectivity index is 0.00000121. The molecule has 0 spiro atoms. The Labute approximate surface area is 113 Å². The smallest absolute Gasteiger partial charge is 0.152 e. The number of carbonyl (C=O) groups is 1. The van der Waals surface area contributed by atoms with E-state index in [9.17, 15) is 4.79 Å². The number of halogens is 1. The molecule has 0 aliphatic heterocycles. The Morgan fingerprint density at radius 3 is 2.41 bits per heavy atom. The van der Waals surface area contributed by atoms with Crippen molar-refractivity contribution in [3.05, 3.63) is 41.4 Å². The minimum absolute atomic E-state index is 0.103. The summed E-state index contributed by atoms with van der Waals surface area (Å²) in [4.78, 5) is 11.8. The topological polar surface area (TPSA) is 17.1 Å². The molecule has 0 saturated carbocycles. The van der Waals surface area contributed by atoms with E-state index in [-0.39, 0.29) is 5.78 Å². The lowest BCUT2D eigenvalue weighted by Crippen LogP contribution is -1.81. The van der Waals surface area contributed by atoms with Gasteiger partial charge in [-0.3, -0.25) is 4.79 Å². The quantitative estimate of drug-likeness (QED) is 0.426. The molecule has 0 radical (unpaired) electrons. The Bertz CT molecular complexity index is 344. The monoisotopic (exact) mass is 270 g/mol. The average molecular weight is 271 g/mol. The van der Waals surface area contributed by atoms with Crippen LogP contribution in [0.25, 0.3) is 0 Å². The predicted molar refractivity (Wildman–Crippen MR) is 78.0 cm³/mol. The van der Waals surface area contributed by atoms with E-state index in [0.29, 0.717) is 0 Å². The van der Waals surface area contributed by atoms with Crippen molar-refractivity contribution in [2.45, 2.75) is 32.1 Å². The summed E-state index contributed by atoms with van der Waals surface area (Å²) in [6, 6.07) is 7.77. The van der Waals surface area contributed by atoms with Gasteiger partial charge in [0.1, 0.15) is 0 Å². The second kappa shape index (κ2) is 10.4. The highest BCUT2D eigenvalue weighted by molar-refractivity contribution is 7.99. The normalized spacial score (nSPS) is 9.88. The third-order valence-corrected chi connectivity index (χ3v) is 3.02. The lowest BCUT2D eigenvalue weighted by atomic mass is 10.3. The van der Waals surface area contributed by atoms with E-state index in [0.717, 1.165) is 17.2 Å². The lowest BCUT2D eigenvalue weighted by molar-refractivity contribution is -0.112. The number of ketones is 1. The molecule has 0 heterocycles. The van der Waals surface area contributed by atoms with Gasteiger partial charge in [-0.25, -0.2) is 0 Å². The van der Waals surface area contributed by atoms with Gasteiger partial charge >= 0.3 is 0 Å². The summed E-state index contributed by atoms with van der Waals surface area (Å²) in [5.74, 6) is 1.08. The summed E-state index contributed by atoms with van der Waals surface area (Å²) in [5.41, 5.74) is 0. The number of hydrogen-bond acceptors (Lipinski definition) is 2. The van der Waals surface area contributed by atoms with Gasteiger partial charge < -0.3 is 0 Å². The molecule has 0 bridgehead atoms. The van der Waals surface area contributed by atoms with Gasteiger partial charge in [0, 0.05) is 15.7 Å². The van der Waals surface area contributed by atoms with E-state index in [4.69, 9.17) is 11.6 Å². The van der Waals surface area contributed by atoms with Crippen LogP contribution in [-0.2, 0) is 4.79 Å². The Morgan fingerprint density at radius 1 is 1.29 bits per heavy atom. The largest absolute Gasteiger partial charge is 0.295 e. The van der Waals surface area contributed by atoms with Gasteiger partial charge in [0.15, 0.2) is 5.78 Å². The molecule has 0 aliphatic carbocycles. The molecule has 0 atom stereocenters. The number of allylic oxidation sites excluding steroid dienone is 2. The third-order valence-electron chi connectivity index (χ3n) is 1.72. The lowest BCUT2D eigenvalue weighted by Gasteiger charge is -1.98. The molecule has 1 aromatic rings. The van der Waals surface area contributed by atoms with Gasteiger partial charge in [-0.05, 0) is 43.7 Å². The Morgan fingerprint density at radius 2 is 1.88 bits per heavy atom. The second-order valence-corrected chi connectivity index (χ2v) is 4.71. The summed E-state index contributed by atoms with van der Waals surface area (Å²) in [6.07, 6.45) is 4.43. The standard InChI is InChI=1S/C12H13ClOS.C2H6/c1-10(14)4-2-3-9-15-12-7-5-11(13)6-8-12;1-2/h2,4-8H,3,9H2,1H3;1-2H3/b4-2+;. The maximum absolute atomic E-state index is 10.6. The molecule has 1 rings (SSSR count). The van der Waals surface area contributed by atoms with Gasteiger partial charge in [0.2, 0.25) is 0 Å². The molecule has 0 amide bonds. The van der Waals surface area contributed by atoms with Crippen molar-refractivity contribution in [1.29, 1.82) is 0 Å². The molecule has 0 aromatic heterocycles. The maximum atomic E-state index is 10.6. The highest BCUT2D eigenvalue weighted by Crippen LogP contribution is 2.20. The van der Waals surface area contributed by atoms with Crippen LogP contribution in [-0.4, -0.2) is 11.5 Å². The van der Waals surface area contributed by atoms with Gasteiger partial charge in [0.25, 0.3) is 0 Å². The highest BCUT2D eigenvalue weighted by Gasteiger charge is 1.92. The van der Waals surface area contributed by atoms with E-state index < -0.39 is 0 Å². The first-order chi connectivity index (χ1) is 8.18. The Kier molecular flexibility index (Phi) is 9.98. The maximum Gasteiger partial charge on any atom is 0.152 e. The zero-order valence-electron chi connectivity index (χ0n) is 10.6. The molecule has 94 valence electrons. The van der Waals surface area contributed by atoms with E-state index in [1.807, 2.05) is 44.2 Å². The predicted octanol–water partition coefficient (Wildman–Crippen LogP) is 4.99. The van der Waals surface area contributed by atoms with Crippen molar-refractivity contribution in [3.8, 4) is 0 Å². The minimum atomic E-state index is 0.103. The van der Waals surface area contributed by atoms with Crippen LogP contribution >= 0.6 is 23.4 Å². The number of rotatable bonds is 5. The van der Waals surface area contributed by atoms with Gasteiger partial charge in [-0.15, -0.1) is 11.8 Å². The molecule has 0 N–H and O–H groups in total. The van der Waals surface area contributed by atoms with Crippen LogP contribution in [0.15, 0.2) is 41.3 Å². The van der Waals surface area contributed by atoms with Crippen LogP contribution < -0.4 is 0 Å². The first-order valence-electron chi connectivity index (χ1n) is 5.74. The highest BCUT2D eigenvalue weighted by atomic mass is 35.5. The molecular weight excluding hydrogens is 252 g/mol. The number of hydrogen-bond donors (Lipinski definition) is 0. The van der Waals surface area contributed by atoms with Crippen molar-refractivity contribution in [2.75, 3.05) is 5.75 Å². The molecule has 3 heteroatoms. The molecule has 0 unspecified atom stereocenters. The molecule has 1 aromatic carbocycles. The first kappa shape index (κ1) is 16.3. The fraction of sp³-hybridized carbons (Fsp3) is 0.357. The summed E-state index contributed by atoms with van der Waals surface area (Å²) in [5, 5.41) is 0.760. The van der Waals surface area contributed by atoms with Gasteiger partial charge in [-0.2, -0.15) is 0 Å². The van der Waals surface area contributed by atoms with Crippen molar-refractivity contribution in [1.82, 2.24) is 0 Å². The fourth-order valence-electron chi connectivity index (χ4n) is 1.02. The summed E-state index contributed by atoms with van der Waals surface area (Å²) >= 11 is 7.53. The molecule has 17 heavy (non-hydrogen) atoms. The van der Waals surface area contributed by atoms with Crippen molar-refractivity contribution in [2.24, 2.45) is 0 Å². The number of carbonyl (C=O) groups excluding carboxylic acids is 1. The zero-order valence-corrected chi connectivity index (χ0v) is 12.1. The van der Waals surface area contributed by atoms with Crippen LogP contribution in [0, 0.1) is 0 Å². The molecule has 0 fully saturated rings. The fourth-order valence-corrected chi connectivity index (χ4v) is 1.97. The van der Waals surface area contributed by atoms with E-state index in [1.54, 1.807) is 24.8 Å². The SMILES string of the molecule is CC.CC(=O)/C=C/CCSc1ccc(Cl)cc1. The van der Waals surface area contributed by atoms with E-state index in [2.05, 4.69) is 0 Å². The van der Waals surface area contributed by atoms with E-state index >= 15 is 0 Å². The third kappa shape index (κ3) is 9.02. The van der Waals surface area contributed by atoms with Crippen LogP contribution in [0.1, 0.15) is 27.2 Å². The molecular formula is C14H19ClOS. The molecule has 1 nitrogen and oxygen atoms in total. The van der Waals surface area contributed by atoms with Gasteiger partial charge in [0.05, 0.1) is 0 Å². The summed E-state index contributed by atoms with van der Waals surface area (Å²) in [6.45, 7) is 5.56. The van der Waals surface area contributed by atoms with Crippen LogP contribution in [0.5, 0.6) is 0 Å². The van der Waals surface area contributed by atoms with Crippen molar-refractivity contribution >= 4 is 29.1 Å².